The highest BCUT2D eigenvalue weighted by Crippen LogP contribution is 2.37. The summed E-state index contributed by atoms with van der Waals surface area (Å²) in [6, 6.07) is 10.8. The molecule has 2 aromatic rings. The lowest BCUT2D eigenvalue weighted by Crippen LogP contribution is -2.44. The molecule has 1 aromatic carbocycles. The maximum Gasteiger partial charge on any atom is 0.237 e. The SMILES string of the molecule is CCCCNCC(=O)N1CCc2sccc2[C@H]1c1ccc(C)cc1. The normalized spacial score (nSPS) is 16.9. The molecule has 2 heterocycles. The number of aryl methyl sites for hydroxylation is 1. The van der Waals surface area contributed by atoms with Gasteiger partial charge in [0.15, 0.2) is 0 Å². The molecular weight excluding hydrogens is 316 g/mol. The minimum Gasteiger partial charge on any atom is -0.330 e. The molecule has 1 aliphatic rings. The van der Waals surface area contributed by atoms with Crippen LogP contribution in [0.3, 0.4) is 0 Å². The van der Waals surface area contributed by atoms with E-state index in [0.717, 1.165) is 32.4 Å². The highest BCUT2D eigenvalue weighted by atomic mass is 32.1. The molecule has 0 saturated carbocycles. The third-order valence-corrected chi connectivity index (χ3v) is 5.66. The first-order valence-electron chi connectivity index (χ1n) is 8.83. The molecule has 0 radical (unpaired) electrons. The van der Waals surface area contributed by atoms with Crippen molar-refractivity contribution >= 4 is 17.2 Å². The van der Waals surface area contributed by atoms with E-state index < -0.39 is 0 Å². The fourth-order valence-corrected chi connectivity index (χ4v) is 4.20. The van der Waals surface area contributed by atoms with E-state index in [1.165, 1.54) is 21.6 Å². The monoisotopic (exact) mass is 342 g/mol. The summed E-state index contributed by atoms with van der Waals surface area (Å²) in [4.78, 5) is 16.3. The van der Waals surface area contributed by atoms with Gasteiger partial charge in [0.2, 0.25) is 5.91 Å². The van der Waals surface area contributed by atoms with Crippen molar-refractivity contribution in [2.75, 3.05) is 19.6 Å². The zero-order valence-corrected chi connectivity index (χ0v) is 15.4. The Morgan fingerprint density at radius 1 is 1.29 bits per heavy atom. The van der Waals surface area contributed by atoms with Crippen LogP contribution in [0, 0.1) is 6.92 Å². The predicted molar refractivity (Wildman–Crippen MR) is 101 cm³/mol. The van der Waals surface area contributed by atoms with Crippen LogP contribution in [0.2, 0.25) is 0 Å². The molecular formula is C20H26N2OS. The van der Waals surface area contributed by atoms with Gasteiger partial charge in [-0.1, -0.05) is 43.2 Å². The van der Waals surface area contributed by atoms with Crippen LogP contribution in [-0.4, -0.2) is 30.4 Å². The molecule has 3 nitrogen and oxygen atoms in total. The number of hydrogen-bond acceptors (Lipinski definition) is 3. The summed E-state index contributed by atoms with van der Waals surface area (Å²) in [6.45, 7) is 6.41. The van der Waals surface area contributed by atoms with Gasteiger partial charge in [-0.25, -0.2) is 0 Å². The Balaban J connectivity index is 1.82. The largest absolute Gasteiger partial charge is 0.330 e. The average Bonchev–Trinajstić information content (AvgIpc) is 3.07. The van der Waals surface area contributed by atoms with Gasteiger partial charge in [-0.2, -0.15) is 0 Å². The number of nitrogens with zero attached hydrogens (tertiary/aromatic N) is 1. The van der Waals surface area contributed by atoms with E-state index in [4.69, 9.17) is 0 Å². The number of rotatable bonds is 6. The number of benzene rings is 1. The molecule has 0 saturated heterocycles. The molecule has 0 bridgehead atoms. The molecule has 1 amide bonds. The first-order chi connectivity index (χ1) is 11.7. The number of unbranched alkanes of at least 4 members (excludes halogenated alkanes) is 1. The Morgan fingerprint density at radius 2 is 2.08 bits per heavy atom. The number of hydrogen-bond donors (Lipinski definition) is 1. The zero-order chi connectivity index (χ0) is 16.9. The molecule has 0 unspecified atom stereocenters. The molecule has 24 heavy (non-hydrogen) atoms. The fourth-order valence-electron chi connectivity index (χ4n) is 3.29. The number of fused-ring (bicyclic) bond motifs is 1. The van der Waals surface area contributed by atoms with Gasteiger partial charge in [0.1, 0.15) is 0 Å². The van der Waals surface area contributed by atoms with E-state index in [1.807, 2.05) is 11.3 Å². The third-order valence-electron chi connectivity index (χ3n) is 4.66. The first-order valence-corrected chi connectivity index (χ1v) is 9.71. The smallest absolute Gasteiger partial charge is 0.237 e. The van der Waals surface area contributed by atoms with Crippen molar-refractivity contribution in [1.82, 2.24) is 10.2 Å². The highest BCUT2D eigenvalue weighted by Gasteiger charge is 2.32. The topological polar surface area (TPSA) is 32.3 Å². The van der Waals surface area contributed by atoms with Gasteiger partial charge in [0.05, 0.1) is 12.6 Å². The zero-order valence-electron chi connectivity index (χ0n) is 14.5. The standard InChI is InChI=1S/C20H26N2OS/c1-3-4-11-21-14-19(23)22-12-9-18-17(10-13-24-18)20(22)16-7-5-15(2)6-8-16/h5-8,10,13,20-21H,3-4,9,11-12,14H2,1-2H3/t20-/m1/s1. The van der Waals surface area contributed by atoms with Gasteiger partial charge in [-0.3, -0.25) is 4.79 Å². The van der Waals surface area contributed by atoms with Crippen LogP contribution >= 0.6 is 11.3 Å². The number of carbonyl (C=O) groups excluding carboxylic acids is 1. The van der Waals surface area contributed by atoms with Crippen molar-refractivity contribution in [2.45, 2.75) is 39.2 Å². The summed E-state index contributed by atoms with van der Waals surface area (Å²) in [5, 5.41) is 5.45. The van der Waals surface area contributed by atoms with Gasteiger partial charge in [-0.05, 0) is 48.9 Å². The minimum absolute atomic E-state index is 0.0566. The lowest BCUT2D eigenvalue weighted by Gasteiger charge is -2.36. The lowest BCUT2D eigenvalue weighted by molar-refractivity contribution is -0.132. The van der Waals surface area contributed by atoms with Crippen molar-refractivity contribution in [3.05, 3.63) is 57.3 Å². The van der Waals surface area contributed by atoms with Crippen LogP contribution < -0.4 is 5.32 Å². The van der Waals surface area contributed by atoms with E-state index in [1.54, 1.807) is 0 Å². The van der Waals surface area contributed by atoms with Crippen molar-refractivity contribution in [2.24, 2.45) is 0 Å². The number of nitrogens with one attached hydrogen (secondary N) is 1. The van der Waals surface area contributed by atoms with Crippen molar-refractivity contribution in [1.29, 1.82) is 0 Å². The van der Waals surface area contributed by atoms with Gasteiger partial charge >= 0.3 is 0 Å². The maximum atomic E-state index is 12.8. The van der Waals surface area contributed by atoms with Crippen LogP contribution in [0.5, 0.6) is 0 Å². The van der Waals surface area contributed by atoms with Crippen LogP contribution in [0.4, 0.5) is 0 Å². The fraction of sp³-hybridized carbons (Fsp3) is 0.450. The average molecular weight is 343 g/mol. The summed E-state index contributed by atoms with van der Waals surface area (Å²) >= 11 is 1.81. The Kier molecular flexibility index (Phi) is 5.69. The molecule has 0 fully saturated rings. The lowest BCUT2D eigenvalue weighted by atomic mass is 9.92. The van der Waals surface area contributed by atoms with Gasteiger partial charge in [0, 0.05) is 11.4 Å². The summed E-state index contributed by atoms with van der Waals surface area (Å²) in [6.07, 6.45) is 3.23. The summed E-state index contributed by atoms with van der Waals surface area (Å²) in [5.41, 5.74) is 3.76. The quantitative estimate of drug-likeness (QED) is 0.807. The van der Waals surface area contributed by atoms with Gasteiger partial charge < -0.3 is 10.2 Å². The molecule has 1 N–H and O–H groups in total. The van der Waals surface area contributed by atoms with Crippen molar-refractivity contribution in [3.8, 4) is 0 Å². The highest BCUT2D eigenvalue weighted by molar-refractivity contribution is 7.10. The molecule has 0 aliphatic carbocycles. The van der Waals surface area contributed by atoms with E-state index in [0.29, 0.717) is 6.54 Å². The second kappa shape index (κ2) is 7.95. The van der Waals surface area contributed by atoms with Gasteiger partial charge in [-0.15, -0.1) is 11.3 Å². The molecule has 3 rings (SSSR count). The predicted octanol–water partition coefficient (Wildman–Crippen LogP) is 3.92. The van der Waals surface area contributed by atoms with E-state index in [-0.39, 0.29) is 11.9 Å². The second-order valence-electron chi connectivity index (χ2n) is 6.48. The van der Waals surface area contributed by atoms with Gasteiger partial charge in [0.25, 0.3) is 0 Å². The molecule has 0 spiro atoms. The molecule has 1 atom stereocenters. The van der Waals surface area contributed by atoms with Crippen LogP contribution in [0.25, 0.3) is 0 Å². The first kappa shape index (κ1) is 17.2. The van der Waals surface area contributed by atoms with Crippen LogP contribution in [0.1, 0.15) is 47.4 Å². The number of amides is 1. The Bertz CT molecular complexity index is 677. The summed E-state index contributed by atoms with van der Waals surface area (Å²) in [7, 11) is 0. The van der Waals surface area contributed by atoms with E-state index in [2.05, 4.69) is 59.8 Å². The summed E-state index contributed by atoms with van der Waals surface area (Å²) < 4.78 is 0. The molecule has 128 valence electrons. The van der Waals surface area contributed by atoms with Crippen molar-refractivity contribution in [3.63, 3.8) is 0 Å². The van der Waals surface area contributed by atoms with Crippen LogP contribution in [0.15, 0.2) is 35.7 Å². The number of thiophene rings is 1. The third kappa shape index (κ3) is 3.70. The molecule has 4 heteroatoms. The van der Waals surface area contributed by atoms with Crippen molar-refractivity contribution < 1.29 is 4.79 Å². The van der Waals surface area contributed by atoms with Crippen LogP contribution in [-0.2, 0) is 11.2 Å². The number of carbonyl (C=O) groups is 1. The Morgan fingerprint density at radius 3 is 2.83 bits per heavy atom. The maximum absolute atomic E-state index is 12.8. The van der Waals surface area contributed by atoms with E-state index in [9.17, 15) is 4.79 Å². The second-order valence-corrected chi connectivity index (χ2v) is 7.48. The Hall–Kier alpha value is -1.65. The molecule has 1 aliphatic heterocycles. The minimum atomic E-state index is 0.0566. The van der Waals surface area contributed by atoms with E-state index >= 15 is 0 Å². The Labute approximate surface area is 148 Å². The molecule has 1 aromatic heterocycles. The summed E-state index contributed by atoms with van der Waals surface area (Å²) in [5.74, 6) is 0.202.